The van der Waals surface area contributed by atoms with Crippen molar-refractivity contribution in [2.45, 2.75) is 63.7 Å². The van der Waals surface area contributed by atoms with Crippen molar-refractivity contribution in [3.05, 3.63) is 0 Å². The number of aliphatic imine (C=N–C) groups is 1. The molecule has 4 atom stereocenters. The van der Waals surface area contributed by atoms with Crippen LogP contribution in [-0.4, -0.2) is 83.4 Å². The third kappa shape index (κ3) is 13.4. The lowest BCUT2D eigenvalue weighted by Gasteiger charge is -2.27. The van der Waals surface area contributed by atoms with E-state index in [2.05, 4.69) is 20.9 Å². The Balaban J connectivity index is 5.54. The van der Waals surface area contributed by atoms with E-state index >= 15 is 0 Å². The second-order valence-corrected chi connectivity index (χ2v) is 9.18. The predicted octanol–water partition coefficient (Wildman–Crippen LogP) is -2.81. The van der Waals surface area contributed by atoms with E-state index in [0.29, 0.717) is 12.2 Å². The van der Waals surface area contributed by atoms with Gasteiger partial charge in [0.1, 0.15) is 18.1 Å². The molecule has 0 saturated carbocycles. The third-order valence-electron chi connectivity index (χ3n) is 4.81. The molecule has 0 aliphatic carbocycles. The van der Waals surface area contributed by atoms with Gasteiger partial charge in [-0.3, -0.25) is 24.2 Å². The highest BCUT2D eigenvalue weighted by atomic mass is 32.2. The van der Waals surface area contributed by atoms with E-state index in [0.717, 1.165) is 0 Å². The van der Waals surface area contributed by atoms with Gasteiger partial charge in [-0.2, -0.15) is 11.8 Å². The molecule has 35 heavy (non-hydrogen) atoms. The number of aliphatic carboxylic acids is 1. The molecule has 200 valence electrons. The molecule has 15 heteroatoms. The maximum absolute atomic E-state index is 13.0. The van der Waals surface area contributed by atoms with Crippen LogP contribution in [0.2, 0.25) is 0 Å². The fourth-order valence-electron chi connectivity index (χ4n) is 2.88. The monoisotopic (exact) mass is 518 g/mol. The van der Waals surface area contributed by atoms with Crippen LogP contribution in [0.15, 0.2) is 4.99 Å². The molecule has 0 saturated heterocycles. The van der Waals surface area contributed by atoms with E-state index in [9.17, 15) is 29.1 Å². The van der Waals surface area contributed by atoms with Gasteiger partial charge in [0, 0.05) is 6.54 Å². The Labute approximate surface area is 208 Å². The first-order valence-corrected chi connectivity index (χ1v) is 12.4. The summed E-state index contributed by atoms with van der Waals surface area (Å²) < 4.78 is 0. The molecule has 0 radical (unpaired) electrons. The minimum absolute atomic E-state index is 0.0449. The quantitative estimate of drug-likeness (QED) is 0.0556. The van der Waals surface area contributed by atoms with Gasteiger partial charge in [0.05, 0.1) is 12.5 Å². The highest BCUT2D eigenvalue weighted by Gasteiger charge is 2.31. The number of carboxylic acid groups (broad SMARTS) is 1. The van der Waals surface area contributed by atoms with E-state index in [1.54, 1.807) is 13.8 Å². The number of nitrogens with two attached hydrogens (primary N) is 4. The minimum atomic E-state index is -1.58. The first-order chi connectivity index (χ1) is 16.3. The Morgan fingerprint density at radius 3 is 2.00 bits per heavy atom. The third-order valence-corrected chi connectivity index (χ3v) is 5.46. The normalized spacial score (nSPS) is 14.2. The van der Waals surface area contributed by atoms with E-state index in [-0.39, 0.29) is 31.3 Å². The van der Waals surface area contributed by atoms with Crippen molar-refractivity contribution in [1.29, 1.82) is 0 Å². The summed E-state index contributed by atoms with van der Waals surface area (Å²) >= 11 is 1.53. The summed E-state index contributed by atoms with van der Waals surface area (Å²) in [5.41, 5.74) is 21.5. The zero-order chi connectivity index (χ0) is 27.1. The molecule has 0 aromatic heterocycles. The van der Waals surface area contributed by atoms with Crippen molar-refractivity contribution >= 4 is 47.3 Å². The number of carbonyl (C=O) groups excluding carboxylic acids is 4. The number of primary amides is 1. The Morgan fingerprint density at radius 2 is 1.51 bits per heavy atom. The summed E-state index contributed by atoms with van der Waals surface area (Å²) in [5.74, 6) is -4.23. The molecule has 4 unspecified atom stereocenters. The van der Waals surface area contributed by atoms with Crippen molar-refractivity contribution in [3.63, 3.8) is 0 Å². The Morgan fingerprint density at radius 1 is 0.914 bits per heavy atom. The largest absolute Gasteiger partial charge is 0.480 e. The van der Waals surface area contributed by atoms with Crippen LogP contribution < -0.4 is 38.9 Å². The lowest BCUT2D eigenvalue weighted by atomic mass is 10.0. The number of hydrogen-bond donors (Lipinski definition) is 8. The molecule has 4 amide bonds. The Bertz CT molecular complexity index is 775. The van der Waals surface area contributed by atoms with Crippen LogP contribution in [0.5, 0.6) is 0 Å². The van der Waals surface area contributed by atoms with Crippen LogP contribution in [0.4, 0.5) is 0 Å². The van der Waals surface area contributed by atoms with Gasteiger partial charge in [0.2, 0.25) is 23.6 Å². The van der Waals surface area contributed by atoms with E-state index in [4.69, 9.17) is 22.9 Å². The van der Waals surface area contributed by atoms with Crippen LogP contribution in [0.1, 0.15) is 39.5 Å². The first kappa shape index (κ1) is 31.9. The van der Waals surface area contributed by atoms with Gasteiger partial charge in [-0.05, 0) is 37.2 Å². The number of amides is 4. The number of thioether (sulfide) groups is 1. The van der Waals surface area contributed by atoms with Gasteiger partial charge < -0.3 is 44.0 Å². The summed E-state index contributed by atoms with van der Waals surface area (Å²) in [4.78, 5) is 64.6. The van der Waals surface area contributed by atoms with Crippen molar-refractivity contribution in [3.8, 4) is 0 Å². The van der Waals surface area contributed by atoms with Gasteiger partial charge in [0.15, 0.2) is 5.96 Å². The minimum Gasteiger partial charge on any atom is -0.480 e. The van der Waals surface area contributed by atoms with Crippen LogP contribution in [0.3, 0.4) is 0 Å². The van der Waals surface area contributed by atoms with E-state index in [1.165, 1.54) is 11.8 Å². The number of rotatable bonds is 17. The average Bonchev–Trinajstić information content (AvgIpc) is 2.75. The standard InChI is InChI=1S/C20H38N8O6S/c1-10(2)15(28-16(30)11(21)6-8-35-3)18(32)26-12(5-4-7-25-20(23)24)17(31)27-13(19(33)34)9-14(22)29/h10-13,15H,4-9,21H2,1-3H3,(H2,22,29)(H,26,32)(H,27,31)(H,28,30)(H,33,34)(H4,23,24,25). The molecule has 0 spiro atoms. The molecule has 0 heterocycles. The van der Waals surface area contributed by atoms with Crippen molar-refractivity contribution < 1.29 is 29.1 Å². The van der Waals surface area contributed by atoms with Crippen molar-refractivity contribution in [2.75, 3.05) is 18.6 Å². The fourth-order valence-corrected chi connectivity index (χ4v) is 3.37. The van der Waals surface area contributed by atoms with Crippen molar-refractivity contribution in [2.24, 2.45) is 33.8 Å². The summed E-state index contributed by atoms with van der Waals surface area (Å²) in [6.45, 7) is 3.57. The number of carboxylic acids is 1. The molecule has 0 aliphatic heterocycles. The average molecular weight is 519 g/mol. The summed E-state index contributed by atoms with van der Waals surface area (Å²) in [6, 6.07) is -4.58. The zero-order valence-electron chi connectivity index (χ0n) is 20.3. The van der Waals surface area contributed by atoms with Crippen LogP contribution in [0.25, 0.3) is 0 Å². The Hall–Kier alpha value is -3.07. The van der Waals surface area contributed by atoms with Gasteiger partial charge in [-0.1, -0.05) is 13.8 Å². The van der Waals surface area contributed by atoms with E-state index < -0.39 is 60.2 Å². The molecular formula is C20H38N8O6S. The summed E-state index contributed by atoms with van der Waals surface area (Å²) in [6.07, 6.45) is 1.98. The zero-order valence-corrected chi connectivity index (χ0v) is 21.1. The van der Waals surface area contributed by atoms with Crippen molar-refractivity contribution in [1.82, 2.24) is 16.0 Å². The topological polar surface area (TPSA) is 258 Å². The maximum Gasteiger partial charge on any atom is 0.326 e. The number of guanidine groups is 1. The smallest absolute Gasteiger partial charge is 0.326 e. The Kier molecular flexibility index (Phi) is 15.1. The molecule has 14 nitrogen and oxygen atoms in total. The summed E-state index contributed by atoms with van der Waals surface area (Å²) in [7, 11) is 0. The lowest BCUT2D eigenvalue weighted by molar-refractivity contribution is -0.143. The molecular weight excluding hydrogens is 480 g/mol. The number of nitrogens with one attached hydrogen (secondary N) is 3. The summed E-state index contributed by atoms with van der Waals surface area (Å²) in [5, 5.41) is 16.6. The van der Waals surface area contributed by atoms with Gasteiger partial charge >= 0.3 is 5.97 Å². The van der Waals surface area contributed by atoms with Crippen LogP contribution in [-0.2, 0) is 24.0 Å². The molecule has 0 aromatic carbocycles. The second kappa shape index (κ2) is 16.5. The molecule has 0 aliphatic rings. The number of nitrogens with zero attached hydrogens (tertiary/aromatic N) is 1. The predicted molar refractivity (Wildman–Crippen MR) is 133 cm³/mol. The van der Waals surface area contributed by atoms with E-state index in [1.807, 2.05) is 6.26 Å². The SMILES string of the molecule is CSCCC(N)C(=O)NC(C(=O)NC(CCCN=C(N)N)C(=O)NC(CC(N)=O)C(=O)O)C(C)C. The molecule has 0 fully saturated rings. The first-order valence-electron chi connectivity index (χ1n) is 11.0. The highest BCUT2D eigenvalue weighted by molar-refractivity contribution is 7.98. The second-order valence-electron chi connectivity index (χ2n) is 8.20. The van der Waals surface area contributed by atoms with Crippen LogP contribution >= 0.6 is 11.8 Å². The highest BCUT2D eigenvalue weighted by Crippen LogP contribution is 2.07. The van der Waals surface area contributed by atoms with Gasteiger partial charge in [-0.15, -0.1) is 0 Å². The molecule has 12 N–H and O–H groups in total. The van der Waals surface area contributed by atoms with Crippen LogP contribution in [0, 0.1) is 5.92 Å². The maximum atomic E-state index is 13.0. The fraction of sp³-hybridized carbons (Fsp3) is 0.700. The number of carbonyl (C=O) groups is 5. The molecule has 0 rings (SSSR count). The molecule has 0 aromatic rings. The molecule has 0 bridgehead atoms. The lowest BCUT2D eigenvalue weighted by Crippen LogP contribution is -2.58. The van der Waals surface area contributed by atoms with Gasteiger partial charge in [-0.25, -0.2) is 4.79 Å². The van der Waals surface area contributed by atoms with Gasteiger partial charge in [0.25, 0.3) is 0 Å². The number of hydrogen-bond acceptors (Lipinski definition) is 8.